The molecule has 0 amide bonds. The molecular weight excluding hydrogens is 291 g/mol. The average Bonchev–Trinajstić information content (AvgIpc) is 2.59. The van der Waals surface area contributed by atoms with Crippen LogP contribution in [0.1, 0.15) is 11.1 Å². The van der Waals surface area contributed by atoms with E-state index in [-0.39, 0.29) is 0 Å². The smallest absolute Gasteiger partial charge is 0.0756 e. The van der Waals surface area contributed by atoms with E-state index in [1.807, 2.05) is 42.5 Å². The van der Waals surface area contributed by atoms with Crippen molar-refractivity contribution >= 4 is 34.6 Å². The maximum atomic E-state index is 6.33. The highest BCUT2D eigenvalue weighted by atomic mass is 35.5. The first kappa shape index (κ1) is 13.5. The molecule has 102 valence electrons. The number of nitrogens with zero attached hydrogens (tertiary/aromatic N) is 2. The van der Waals surface area contributed by atoms with Crippen molar-refractivity contribution < 1.29 is 0 Å². The van der Waals surface area contributed by atoms with E-state index in [0.717, 1.165) is 35.6 Å². The third-order valence-corrected chi connectivity index (χ3v) is 4.02. The third-order valence-electron chi connectivity index (χ3n) is 3.46. The Morgan fingerprint density at radius 2 is 1.85 bits per heavy atom. The summed E-state index contributed by atoms with van der Waals surface area (Å²) in [5.41, 5.74) is 4.03. The van der Waals surface area contributed by atoms with Gasteiger partial charge in [0.2, 0.25) is 0 Å². The van der Waals surface area contributed by atoms with Crippen molar-refractivity contribution in [1.29, 1.82) is 0 Å². The summed E-state index contributed by atoms with van der Waals surface area (Å²) in [7, 11) is 2.07. The molecule has 2 aromatic carbocycles. The molecule has 0 unspecified atom stereocenters. The topological polar surface area (TPSA) is 15.6 Å². The molecule has 1 aliphatic heterocycles. The highest BCUT2D eigenvalue weighted by molar-refractivity contribution is 6.36. The van der Waals surface area contributed by atoms with Crippen LogP contribution in [0.5, 0.6) is 0 Å². The van der Waals surface area contributed by atoms with Crippen LogP contribution in [0.3, 0.4) is 0 Å². The summed E-state index contributed by atoms with van der Waals surface area (Å²) < 4.78 is 0. The maximum Gasteiger partial charge on any atom is 0.0756 e. The molecule has 0 aromatic heterocycles. The lowest BCUT2D eigenvalue weighted by Gasteiger charge is -2.19. The van der Waals surface area contributed by atoms with E-state index in [0.29, 0.717) is 10.0 Å². The molecule has 2 aromatic rings. The second-order valence-electron chi connectivity index (χ2n) is 4.79. The zero-order valence-corrected chi connectivity index (χ0v) is 12.6. The number of benzene rings is 2. The molecular formula is C16H14Cl2N2. The highest BCUT2D eigenvalue weighted by Gasteiger charge is 2.19. The van der Waals surface area contributed by atoms with Crippen LogP contribution in [0.4, 0.5) is 5.69 Å². The van der Waals surface area contributed by atoms with E-state index in [2.05, 4.69) is 11.9 Å². The fourth-order valence-corrected chi connectivity index (χ4v) is 2.83. The number of anilines is 1. The van der Waals surface area contributed by atoms with Gasteiger partial charge >= 0.3 is 0 Å². The summed E-state index contributed by atoms with van der Waals surface area (Å²) >= 11 is 12.5. The summed E-state index contributed by atoms with van der Waals surface area (Å²) in [5.74, 6) is 0. The summed E-state index contributed by atoms with van der Waals surface area (Å²) in [5, 5.41) is 1.42. The summed E-state index contributed by atoms with van der Waals surface area (Å²) in [4.78, 5) is 6.91. The third kappa shape index (κ3) is 2.41. The van der Waals surface area contributed by atoms with Gasteiger partial charge in [0.15, 0.2) is 0 Å². The summed E-state index contributed by atoms with van der Waals surface area (Å²) in [6.45, 7) is 1.62. The predicted octanol–water partition coefficient (Wildman–Crippen LogP) is 4.28. The molecule has 0 atom stereocenters. The fraction of sp³-hybridized carbons (Fsp3) is 0.188. The van der Waals surface area contributed by atoms with Crippen LogP contribution in [0.15, 0.2) is 47.5 Å². The molecule has 0 aliphatic carbocycles. The van der Waals surface area contributed by atoms with Gasteiger partial charge < -0.3 is 4.90 Å². The van der Waals surface area contributed by atoms with Crippen LogP contribution >= 0.6 is 23.2 Å². The lowest BCUT2D eigenvalue weighted by atomic mass is 10.0. The molecule has 1 aliphatic rings. The van der Waals surface area contributed by atoms with Crippen molar-refractivity contribution in [3.8, 4) is 0 Å². The molecule has 2 nitrogen and oxygen atoms in total. The lowest BCUT2D eigenvalue weighted by Crippen LogP contribution is -2.20. The predicted molar refractivity (Wildman–Crippen MR) is 86.7 cm³/mol. The monoisotopic (exact) mass is 304 g/mol. The standard InChI is InChI=1S/C16H14Cl2N2/c1-20-9-8-19-16(12-4-2-3-5-14(12)18)13-10-11(17)6-7-15(13)20/h2-7,10H,8-9H2,1H3. The molecule has 20 heavy (non-hydrogen) atoms. The molecule has 3 rings (SSSR count). The number of likely N-dealkylation sites (N-methyl/N-ethyl adjacent to an activating group) is 1. The Labute approximate surface area is 128 Å². The van der Waals surface area contributed by atoms with Gasteiger partial charge in [0.05, 0.1) is 12.3 Å². The molecule has 0 saturated heterocycles. The van der Waals surface area contributed by atoms with Crippen LogP contribution in [0.25, 0.3) is 0 Å². The van der Waals surface area contributed by atoms with E-state index in [9.17, 15) is 0 Å². The maximum absolute atomic E-state index is 6.33. The average molecular weight is 305 g/mol. The quantitative estimate of drug-likeness (QED) is 0.768. The van der Waals surface area contributed by atoms with Gasteiger partial charge in [-0.25, -0.2) is 0 Å². The number of fused-ring (bicyclic) bond motifs is 1. The first-order valence-electron chi connectivity index (χ1n) is 6.47. The van der Waals surface area contributed by atoms with E-state index in [1.54, 1.807) is 0 Å². The van der Waals surface area contributed by atoms with Gasteiger partial charge in [0, 0.05) is 40.5 Å². The Morgan fingerprint density at radius 1 is 1.05 bits per heavy atom. The first-order chi connectivity index (χ1) is 9.66. The molecule has 1 heterocycles. The molecule has 0 N–H and O–H groups in total. The Hall–Kier alpha value is -1.51. The van der Waals surface area contributed by atoms with Crippen molar-refractivity contribution in [2.24, 2.45) is 4.99 Å². The molecule has 0 radical (unpaired) electrons. The number of halogens is 2. The number of rotatable bonds is 1. The lowest BCUT2D eigenvalue weighted by molar-refractivity contribution is 0.896. The molecule has 0 bridgehead atoms. The fourth-order valence-electron chi connectivity index (χ4n) is 2.43. The Bertz CT molecular complexity index is 680. The van der Waals surface area contributed by atoms with E-state index in [4.69, 9.17) is 28.2 Å². The number of benzodiazepines with no additional fused rings is 1. The second kappa shape index (κ2) is 5.47. The van der Waals surface area contributed by atoms with Gasteiger partial charge in [0.1, 0.15) is 0 Å². The minimum absolute atomic E-state index is 0.707. The zero-order valence-electron chi connectivity index (χ0n) is 11.1. The first-order valence-corrected chi connectivity index (χ1v) is 7.23. The van der Waals surface area contributed by atoms with E-state index in [1.165, 1.54) is 0 Å². The highest BCUT2D eigenvalue weighted by Crippen LogP contribution is 2.30. The molecule has 0 fully saturated rings. The number of aliphatic imine (C=N–C) groups is 1. The minimum Gasteiger partial charge on any atom is -0.372 e. The van der Waals surface area contributed by atoms with Crippen molar-refractivity contribution in [2.45, 2.75) is 0 Å². The Kier molecular flexibility index (Phi) is 3.68. The Morgan fingerprint density at radius 3 is 2.65 bits per heavy atom. The van der Waals surface area contributed by atoms with Crippen molar-refractivity contribution in [3.05, 3.63) is 63.6 Å². The van der Waals surface area contributed by atoms with Gasteiger partial charge in [-0.15, -0.1) is 0 Å². The van der Waals surface area contributed by atoms with E-state index < -0.39 is 0 Å². The molecule has 4 heteroatoms. The van der Waals surface area contributed by atoms with Gasteiger partial charge in [-0.1, -0.05) is 41.4 Å². The number of hydrogen-bond donors (Lipinski definition) is 0. The SMILES string of the molecule is CN1CCN=C(c2ccccc2Cl)c2cc(Cl)ccc21. The molecule has 0 saturated carbocycles. The summed E-state index contributed by atoms with van der Waals surface area (Å²) in [6.07, 6.45) is 0. The van der Waals surface area contributed by atoms with Crippen LogP contribution in [-0.2, 0) is 0 Å². The van der Waals surface area contributed by atoms with Crippen LogP contribution < -0.4 is 4.90 Å². The van der Waals surface area contributed by atoms with Crippen LogP contribution in [0.2, 0.25) is 10.0 Å². The van der Waals surface area contributed by atoms with E-state index >= 15 is 0 Å². The summed E-state index contributed by atoms with van der Waals surface area (Å²) in [6, 6.07) is 13.7. The normalized spacial score (nSPS) is 14.6. The minimum atomic E-state index is 0.707. The van der Waals surface area contributed by atoms with Crippen LogP contribution in [0, 0.1) is 0 Å². The zero-order chi connectivity index (χ0) is 14.1. The largest absolute Gasteiger partial charge is 0.372 e. The molecule has 0 spiro atoms. The van der Waals surface area contributed by atoms with Gasteiger partial charge in [-0.3, -0.25) is 4.99 Å². The Balaban J connectivity index is 2.22. The van der Waals surface area contributed by atoms with Crippen LogP contribution in [-0.4, -0.2) is 25.8 Å². The van der Waals surface area contributed by atoms with Gasteiger partial charge in [0.25, 0.3) is 0 Å². The van der Waals surface area contributed by atoms with Gasteiger partial charge in [-0.2, -0.15) is 0 Å². The van der Waals surface area contributed by atoms with Crippen molar-refractivity contribution in [2.75, 3.05) is 25.0 Å². The number of hydrogen-bond acceptors (Lipinski definition) is 2. The second-order valence-corrected chi connectivity index (χ2v) is 5.64. The van der Waals surface area contributed by atoms with Crippen molar-refractivity contribution in [1.82, 2.24) is 0 Å². The van der Waals surface area contributed by atoms with Crippen molar-refractivity contribution in [3.63, 3.8) is 0 Å². The van der Waals surface area contributed by atoms with Gasteiger partial charge in [-0.05, 0) is 24.3 Å².